The van der Waals surface area contributed by atoms with Crippen molar-refractivity contribution in [2.75, 3.05) is 26.2 Å². The van der Waals surface area contributed by atoms with Gasteiger partial charge >= 0.3 is 0 Å². The standard InChI is InChI=1S/C16H36N.ClH/c1-5-9-10-11-12-13-14-15-16-17(6-2,7-3)8-4;/h5-16H2,1-4H3;1H/q+1;/p-1. The van der Waals surface area contributed by atoms with Gasteiger partial charge in [0, 0.05) is 0 Å². The summed E-state index contributed by atoms with van der Waals surface area (Å²) in [4.78, 5) is 0. The van der Waals surface area contributed by atoms with E-state index in [0.717, 1.165) is 0 Å². The Hall–Kier alpha value is 0.250. The van der Waals surface area contributed by atoms with Crippen LogP contribution >= 0.6 is 0 Å². The molecular weight excluding hydrogens is 242 g/mol. The van der Waals surface area contributed by atoms with Gasteiger partial charge < -0.3 is 16.9 Å². The molecule has 0 aliphatic carbocycles. The molecule has 0 N–H and O–H groups in total. The quantitative estimate of drug-likeness (QED) is 0.378. The molecule has 0 fully saturated rings. The van der Waals surface area contributed by atoms with Gasteiger partial charge in [-0.25, -0.2) is 0 Å². The normalized spacial score (nSPS) is 11.3. The average Bonchev–Trinajstić information content (AvgIpc) is 2.38. The van der Waals surface area contributed by atoms with Crippen molar-refractivity contribution in [3.05, 3.63) is 0 Å². The predicted molar refractivity (Wildman–Crippen MR) is 79.4 cm³/mol. The Kier molecular flexibility index (Phi) is 15.6. The number of hydrogen-bond donors (Lipinski definition) is 0. The topological polar surface area (TPSA) is 0 Å². The van der Waals surface area contributed by atoms with Crippen molar-refractivity contribution in [1.82, 2.24) is 0 Å². The molecule has 0 aromatic carbocycles. The van der Waals surface area contributed by atoms with Crippen molar-refractivity contribution >= 4 is 0 Å². The van der Waals surface area contributed by atoms with Crippen molar-refractivity contribution in [3.63, 3.8) is 0 Å². The molecular formula is C16H36ClN. The molecule has 0 aliphatic rings. The third-order valence-corrected chi connectivity index (χ3v) is 4.50. The van der Waals surface area contributed by atoms with Gasteiger partial charge in [0.1, 0.15) is 0 Å². The summed E-state index contributed by atoms with van der Waals surface area (Å²) in [6.45, 7) is 14.7. The maximum absolute atomic E-state index is 2.34. The van der Waals surface area contributed by atoms with E-state index in [4.69, 9.17) is 0 Å². The summed E-state index contributed by atoms with van der Waals surface area (Å²) in [7, 11) is 0. The number of quaternary nitrogens is 1. The van der Waals surface area contributed by atoms with Gasteiger partial charge in [-0.05, 0) is 33.6 Å². The van der Waals surface area contributed by atoms with Crippen molar-refractivity contribution in [3.8, 4) is 0 Å². The van der Waals surface area contributed by atoms with Crippen LogP contribution in [0.4, 0.5) is 0 Å². The fourth-order valence-electron chi connectivity index (χ4n) is 2.73. The molecule has 0 saturated heterocycles. The van der Waals surface area contributed by atoms with Gasteiger partial charge in [0.2, 0.25) is 0 Å². The molecule has 0 atom stereocenters. The molecule has 0 amide bonds. The Morgan fingerprint density at radius 2 is 0.944 bits per heavy atom. The third-order valence-electron chi connectivity index (χ3n) is 4.50. The monoisotopic (exact) mass is 277 g/mol. The van der Waals surface area contributed by atoms with E-state index in [0.29, 0.717) is 0 Å². The summed E-state index contributed by atoms with van der Waals surface area (Å²) in [6, 6.07) is 0. The molecule has 0 rings (SSSR count). The number of nitrogens with zero attached hydrogens (tertiary/aromatic N) is 1. The summed E-state index contributed by atoms with van der Waals surface area (Å²) < 4.78 is 1.33. The van der Waals surface area contributed by atoms with Gasteiger partial charge in [-0.15, -0.1) is 0 Å². The summed E-state index contributed by atoms with van der Waals surface area (Å²) in [5.74, 6) is 0. The van der Waals surface area contributed by atoms with Gasteiger partial charge in [-0.1, -0.05) is 45.4 Å². The van der Waals surface area contributed by atoms with Crippen LogP contribution < -0.4 is 12.4 Å². The largest absolute Gasteiger partial charge is 1.00 e. The van der Waals surface area contributed by atoms with Crippen LogP contribution in [0, 0.1) is 0 Å². The van der Waals surface area contributed by atoms with Crippen LogP contribution in [0.3, 0.4) is 0 Å². The van der Waals surface area contributed by atoms with Crippen LogP contribution in [-0.2, 0) is 0 Å². The van der Waals surface area contributed by atoms with Crippen LogP contribution in [0.1, 0.15) is 79.1 Å². The van der Waals surface area contributed by atoms with Crippen LogP contribution in [0.15, 0.2) is 0 Å². The number of unbranched alkanes of at least 4 members (excludes halogenated alkanes) is 7. The molecule has 0 heterocycles. The highest BCUT2D eigenvalue weighted by molar-refractivity contribution is 4.47. The van der Waals surface area contributed by atoms with E-state index in [1.165, 1.54) is 82.0 Å². The maximum Gasteiger partial charge on any atom is 0.0786 e. The first-order valence-electron chi connectivity index (χ1n) is 8.09. The lowest BCUT2D eigenvalue weighted by atomic mass is 10.1. The van der Waals surface area contributed by atoms with Crippen molar-refractivity contribution < 1.29 is 16.9 Å². The van der Waals surface area contributed by atoms with Gasteiger partial charge in [0.05, 0.1) is 26.2 Å². The van der Waals surface area contributed by atoms with E-state index >= 15 is 0 Å². The summed E-state index contributed by atoms with van der Waals surface area (Å²) >= 11 is 0. The predicted octanol–water partition coefficient (Wildman–Crippen LogP) is 2.01. The fraction of sp³-hybridized carbons (Fsp3) is 1.00. The van der Waals surface area contributed by atoms with Crippen LogP contribution in [0.25, 0.3) is 0 Å². The summed E-state index contributed by atoms with van der Waals surface area (Å²) in [6.07, 6.45) is 11.5. The average molecular weight is 278 g/mol. The van der Waals surface area contributed by atoms with Crippen LogP contribution in [-0.4, -0.2) is 30.7 Å². The highest BCUT2D eigenvalue weighted by atomic mass is 35.5. The second kappa shape index (κ2) is 13.7. The number of hydrogen-bond acceptors (Lipinski definition) is 0. The lowest BCUT2D eigenvalue weighted by Gasteiger charge is -2.35. The molecule has 2 heteroatoms. The van der Waals surface area contributed by atoms with Gasteiger partial charge in [0.25, 0.3) is 0 Å². The van der Waals surface area contributed by atoms with Crippen molar-refractivity contribution in [1.29, 1.82) is 0 Å². The Morgan fingerprint density at radius 1 is 0.556 bits per heavy atom. The van der Waals surface area contributed by atoms with E-state index in [2.05, 4.69) is 27.7 Å². The van der Waals surface area contributed by atoms with Crippen LogP contribution in [0.5, 0.6) is 0 Å². The zero-order valence-corrected chi connectivity index (χ0v) is 14.1. The molecule has 0 aromatic heterocycles. The van der Waals surface area contributed by atoms with E-state index in [9.17, 15) is 0 Å². The molecule has 0 unspecified atom stereocenters. The Morgan fingerprint density at radius 3 is 1.33 bits per heavy atom. The molecule has 18 heavy (non-hydrogen) atoms. The van der Waals surface area contributed by atoms with Crippen molar-refractivity contribution in [2.45, 2.75) is 79.1 Å². The summed E-state index contributed by atoms with van der Waals surface area (Å²) in [5, 5.41) is 0. The zero-order valence-electron chi connectivity index (χ0n) is 13.3. The van der Waals surface area contributed by atoms with Gasteiger partial charge in [-0.3, -0.25) is 0 Å². The molecule has 1 nitrogen and oxygen atoms in total. The molecule has 0 aromatic rings. The Labute approximate surface area is 122 Å². The van der Waals surface area contributed by atoms with E-state index in [1.54, 1.807) is 0 Å². The molecule has 0 aliphatic heterocycles. The smallest absolute Gasteiger partial charge is 0.0786 e. The highest BCUT2D eigenvalue weighted by Gasteiger charge is 2.19. The first kappa shape index (κ1) is 20.6. The molecule has 0 spiro atoms. The lowest BCUT2D eigenvalue weighted by molar-refractivity contribution is -0.923. The molecule has 0 radical (unpaired) electrons. The third kappa shape index (κ3) is 9.22. The van der Waals surface area contributed by atoms with Crippen molar-refractivity contribution in [2.24, 2.45) is 0 Å². The molecule has 112 valence electrons. The second-order valence-electron chi connectivity index (χ2n) is 5.49. The van der Waals surface area contributed by atoms with Gasteiger partial charge in [-0.2, -0.15) is 0 Å². The van der Waals surface area contributed by atoms with Crippen LogP contribution in [0.2, 0.25) is 0 Å². The molecule has 0 bridgehead atoms. The lowest BCUT2D eigenvalue weighted by Crippen LogP contribution is -3.00. The minimum atomic E-state index is 0. The minimum absolute atomic E-state index is 0. The second-order valence-corrected chi connectivity index (χ2v) is 5.49. The number of rotatable bonds is 12. The van der Waals surface area contributed by atoms with E-state index in [1.807, 2.05) is 0 Å². The first-order valence-corrected chi connectivity index (χ1v) is 8.09. The number of halogens is 1. The molecule has 0 saturated carbocycles. The van der Waals surface area contributed by atoms with E-state index in [-0.39, 0.29) is 12.4 Å². The van der Waals surface area contributed by atoms with Gasteiger partial charge in [0.15, 0.2) is 0 Å². The zero-order chi connectivity index (χ0) is 13.0. The summed E-state index contributed by atoms with van der Waals surface area (Å²) in [5.41, 5.74) is 0. The van der Waals surface area contributed by atoms with E-state index < -0.39 is 0 Å². The Bertz CT molecular complexity index is 147. The highest BCUT2D eigenvalue weighted by Crippen LogP contribution is 2.12. The first-order chi connectivity index (χ1) is 8.24. The SMILES string of the molecule is CCCCCCCCCC[N+](CC)(CC)CC.[Cl-]. The maximum atomic E-state index is 2.34. The minimum Gasteiger partial charge on any atom is -1.00 e. The fourth-order valence-corrected chi connectivity index (χ4v) is 2.73. The Balaban J connectivity index is 0.